The smallest absolute Gasteiger partial charge is 0.279 e. The highest BCUT2D eigenvalue weighted by atomic mass is 32.2. The zero-order chi connectivity index (χ0) is 23.8. The molecule has 0 bridgehead atoms. The molecule has 0 fully saturated rings. The van der Waals surface area contributed by atoms with Crippen molar-refractivity contribution in [3.8, 4) is 5.75 Å². The number of carbonyl (C=O) groups excluding carboxylic acids is 1. The van der Waals surface area contributed by atoms with Crippen molar-refractivity contribution < 1.29 is 17.9 Å². The van der Waals surface area contributed by atoms with Gasteiger partial charge in [0.1, 0.15) is 5.75 Å². The van der Waals surface area contributed by atoms with E-state index in [1.807, 2.05) is 25.5 Å². The fourth-order valence-electron chi connectivity index (χ4n) is 3.47. The van der Waals surface area contributed by atoms with Crippen molar-refractivity contribution in [2.24, 2.45) is 12.0 Å². The Hall–Kier alpha value is -3.43. The summed E-state index contributed by atoms with van der Waals surface area (Å²) in [5.74, 6) is 0.176. The molecule has 0 unspecified atom stereocenters. The maximum atomic E-state index is 12.8. The summed E-state index contributed by atoms with van der Waals surface area (Å²) in [7, 11) is -0.353. The van der Waals surface area contributed by atoms with E-state index in [1.54, 1.807) is 36.4 Å². The summed E-state index contributed by atoms with van der Waals surface area (Å²) in [5, 5.41) is 0. The van der Waals surface area contributed by atoms with Crippen molar-refractivity contribution in [3.63, 3.8) is 0 Å². The maximum Gasteiger partial charge on any atom is 0.279 e. The van der Waals surface area contributed by atoms with Crippen LogP contribution in [-0.4, -0.2) is 26.0 Å². The van der Waals surface area contributed by atoms with Crippen LogP contribution in [0.4, 0.5) is 5.69 Å². The van der Waals surface area contributed by atoms with Gasteiger partial charge in [0.15, 0.2) is 4.80 Å². The van der Waals surface area contributed by atoms with E-state index < -0.39 is 15.9 Å². The molecule has 1 amide bonds. The number of hydrogen-bond acceptors (Lipinski definition) is 5. The minimum atomic E-state index is -3.76. The SMILES string of the molecule is COc1ccc(S(=O)(=O)Nc2ccc(C(=O)N=c3sc4c(C)ccc(C)c4n3C)cc2)cc1. The van der Waals surface area contributed by atoms with E-state index in [0.29, 0.717) is 21.8 Å². The average molecular weight is 482 g/mol. The number of carbonyl (C=O) groups is 1. The summed E-state index contributed by atoms with van der Waals surface area (Å²) in [4.78, 5) is 17.8. The van der Waals surface area contributed by atoms with Crippen molar-refractivity contribution in [3.05, 3.63) is 82.2 Å². The summed E-state index contributed by atoms with van der Waals surface area (Å²) in [6.07, 6.45) is 0. The number of aromatic nitrogens is 1. The number of nitrogens with one attached hydrogen (secondary N) is 1. The minimum absolute atomic E-state index is 0.112. The lowest BCUT2D eigenvalue weighted by Gasteiger charge is -2.09. The predicted octanol–water partition coefficient (Wildman–Crippen LogP) is 4.41. The number of aryl methyl sites for hydroxylation is 3. The van der Waals surface area contributed by atoms with Gasteiger partial charge in [-0.25, -0.2) is 8.42 Å². The van der Waals surface area contributed by atoms with Crippen LogP contribution in [0.25, 0.3) is 10.2 Å². The first-order valence-corrected chi connectivity index (χ1v) is 12.4. The maximum absolute atomic E-state index is 12.8. The topological polar surface area (TPSA) is 89.8 Å². The van der Waals surface area contributed by atoms with Gasteiger partial charge in [-0.3, -0.25) is 9.52 Å². The Morgan fingerprint density at radius 2 is 1.61 bits per heavy atom. The number of anilines is 1. The van der Waals surface area contributed by atoms with Gasteiger partial charge in [-0.15, -0.1) is 0 Å². The van der Waals surface area contributed by atoms with E-state index in [2.05, 4.69) is 21.8 Å². The second-order valence-corrected chi connectivity index (χ2v) is 10.3. The molecule has 0 aliphatic heterocycles. The molecule has 7 nitrogen and oxygen atoms in total. The van der Waals surface area contributed by atoms with Gasteiger partial charge >= 0.3 is 0 Å². The van der Waals surface area contributed by atoms with E-state index >= 15 is 0 Å². The molecule has 0 saturated heterocycles. The highest BCUT2D eigenvalue weighted by molar-refractivity contribution is 7.92. The van der Waals surface area contributed by atoms with Crippen LogP contribution >= 0.6 is 11.3 Å². The van der Waals surface area contributed by atoms with E-state index in [-0.39, 0.29) is 4.90 Å². The van der Waals surface area contributed by atoms with Gasteiger partial charge in [0, 0.05) is 18.3 Å². The molecule has 0 atom stereocenters. The number of amides is 1. The third kappa shape index (κ3) is 4.55. The van der Waals surface area contributed by atoms with Crippen LogP contribution in [-0.2, 0) is 17.1 Å². The lowest BCUT2D eigenvalue weighted by atomic mass is 10.1. The number of thiazole rings is 1. The first-order chi connectivity index (χ1) is 15.7. The van der Waals surface area contributed by atoms with Crippen LogP contribution in [0.3, 0.4) is 0 Å². The third-order valence-electron chi connectivity index (χ3n) is 5.30. The largest absolute Gasteiger partial charge is 0.497 e. The normalized spacial score (nSPS) is 12.2. The zero-order valence-corrected chi connectivity index (χ0v) is 20.3. The van der Waals surface area contributed by atoms with Gasteiger partial charge < -0.3 is 9.30 Å². The van der Waals surface area contributed by atoms with E-state index in [4.69, 9.17) is 4.74 Å². The number of methoxy groups -OCH3 is 1. The van der Waals surface area contributed by atoms with E-state index in [1.165, 1.54) is 30.6 Å². The fourth-order valence-corrected chi connectivity index (χ4v) is 5.69. The van der Waals surface area contributed by atoms with Gasteiger partial charge in [0.05, 0.1) is 22.2 Å². The first kappa shape index (κ1) is 22.8. The number of benzene rings is 3. The van der Waals surface area contributed by atoms with Gasteiger partial charge in [-0.1, -0.05) is 23.5 Å². The molecule has 0 radical (unpaired) electrons. The molecule has 170 valence electrons. The molecule has 0 spiro atoms. The Labute approximate surface area is 196 Å². The number of hydrogen-bond donors (Lipinski definition) is 1. The zero-order valence-electron chi connectivity index (χ0n) is 18.6. The summed E-state index contributed by atoms with van der Waals surface area (Å²) in [6, 6.07) is 16.4. The highest BCUT2D eigenvalue weighted by Crippen LogP contribution is 2.24. The molecule has 33 heavy (non-hydrogen) atoms. The first-order valence-electron chi connectivity index (χ1n) is 10.1. The molecule has 3 aromatic carbocycles. The molecule has 9 heteroatoms. The molecular formula is C24H23N3O4S2. The minimum Gasteiger partial charge on any atom is -0.497 e. The van der Waals surface area contributed by atoms with Crippen molar-refractivity contribution in [1.82, 2.24) is 4.57 Å². The molecule has 4 rings (SSSR count). The summed E-state index contributed by atoms with van der Waals surface area (Å²) >= 11 is 1.47. The van der Waals surface area contributed by atoms with Crippen molar-refractivity contribution in [1.29, 1.82) is 0 Å². The van der Waals surface area contributed by atoms with Gasteiger partial charge in [-0.05, 0) is 73.5 Å². The number of nitrogens with zero attached hydrogens (tertiary/aromatic N) is 2. The van der Waals surface area contributed by atoms with E-state index in [0.717, 1.165) is 21.3 Å². The van der Waals surface area contributed by atoms with Crippen LogP contribution in [0.2, 0.25) is 0 Å². The Morgan fingerprint density at radius 3 is 2.21 bits per heavy atom. The van der Waals surface area contributed by atoms with Crippen LogP contribution in [0.5, 0.6) is 5.75 Å². The molecule has 0 aliphatic rings. The number of fused-ring (bicyclic) bond motifs is 1. The Bertz CT molecular complexity index is 1520. The third-order valence-corrected chi connectivity index (χ3v) is 7.96. The van der Waals surface area contributed by atoms with E-state index in [9.17, 15) is 13.2 Å². The second kappa shape index (κ2) is 8.84. The van der Waals surface area contributed by atoms with Crippen LogP contribution in [0.15, 0.2) is 70.6 Å². The van der Waals surface area contributed by atoms with Crippen LogP contribution < -0.4 is 14.3 Å². The number of ether oxygens (including phenoxy) is 1. The van der Waals surface area contributed by atoms with Gasteiger partial charge in [-0.2, -0.15) is 4.99 Å². The average Bonchev–Trinajstić information content (AvgIpc) is 3.13. The highest BCUT2D eigenvalue weighted by Gasteiger charge is 2.15. The van der Waals surface area contributed by atoms with Crippen LogP contribution in [0, 0.1) is 13.8 Å². The Kier molecular flexibility index (Phi) is 6.09. The van der Waals surface area contributed by atoms with Gasteiger partial charge in [0.2, 0.25) is 0 Å². The lowest BCUT2D eigenvalue weighted by Crippen LogP contribution is -2.14. The predicted molar refractivity (Wildman–Crippen MR) is 130 cm³/mol. The summed E-state index contributed by atoms with van der Waals surface area (Å²) in [5.41, 5.74) is 4.04. The van der Waals surface area contributed by atoms with Gasteiger partial charge in [0.25, 0.3) is 15.9 Å². The number of sulfonamides is 1. The van der Waals surface area contributed by atoms with Crippen molar-refractivity contribution in [2.45, 2.75) is 18.7 Å². The quantitative estimate of drug-likeness (QED) is 0.457. The number of rotatable bonds is 5. The van der Waals surface area contributed by atoms with Crippen LogP contribution in [0.1, 0.15) is 21.5 Å². The molecule has 0 aliphatic carbocycles. The molecule has 1 aromatic heterocycles. The fraction of sp³-hybridized carbons (Fsp3) is 0.167. The molecular weight excluding hydrogens is 458 g/mol. The lowest BCUT2D eigenvalue weighted by molar-refractivity contribution is 0.0998. The monoisotopic (exact) mass is 481 g/mol. The van der Waals surface area contributed by atoms with Crippen molar-refractivity contribution in [2.75, 3.05) is 11.8 Å². The molecule has 4 aromatic rings. The molecule has 1 N–H and O–H groups in total. The second-order valence-electron chi connectivity index (χ2n) is 7.60. The molecule has 0 saturated carbocycles. The Balaban J connectivity index is 1.58. The standard InChI is InChI=1S/C24H23N3O4S2/c1-15-5-6-16(2)22-21(15)27(3)24(32-22)25-23(28)17-7-9-18(10-8-17)26-33(29,30)20-13-11-19(31-4)12-14-20/h5-14,26H,1-4H3. The molecule has 1 heterocycles. The summed E-state index contributed by atoms with van der Waals surface area (Å²) < 4.78 is 35.8. The van der Waals surface area contributed by atoms with Crippen molar-refractivity contribution >= 4 is 43.2 Å². The Morgan fingerprint density at radius 1 is 0.970 bits per heavy atom. The summed E-state index contributed by atoms with van der Waals surface area (Å²) in [6.45, 7) is 4.07.